The maximum atomic E-state index is 12.4. The minimum atomic E-state index is -0.421. The summed E-state index contributed by atoms with van der Waals surface area (Å²) >= 11 is 0. The highest BCUT2D eigenvalue weighted by Gasteiger charge is 2.31. The Morgan fingerprint density at radius 3 is 2.58 bits per heavy atom. The zero-order valence-corrected chi connectivity index (χ0v) is 19.0. The van der Waals surface area contributed by atoms with E-state index in [9.17, 15) is 14.7 Å². The van der Waals surface area contributed by atoms with E-state index in [1.807, 2.05) is 24.3 Å². The summed E-state index contributed by atoms with van der Waals surface area (Å²) in [6, 6.07) is 7.87. The lowest BCUT2D eigenvalue weighted by Crippen LogP contribution is -2.32. The Morgan fingerprint density at radius 2 is 1.87 bits per heavy atom. The average molecular weight is 430 g/mol. The number of unbranched alkanes of at least 4 members (excludes halogenated alkanes) is 3. The van der Waals surface area contributed by atoms with Crippen molar-refractivity contribution in [2.75, 3.05) is 18.1 Å². The van der Waals surface area contributed by atoms with Gasteiger partial charge in [-0.05, 0) is 49.8 Å². The van der Waals surface area contributed by atoms with Gasteiger partial charge in [0.25, 0.3) is 0 Å². The van der Waals surface area contributed by atoms with E-state index < -0.39 is 6.10 Å². The first-order valence-corrected chi connectivity index (χ1v) is 11.9. The van der Waals surface area contributed by atoms with Gasteiger partial charge in [0.15, 0.2) is 5.78 Å². The number of allylic oxidation sites excluding steroid dienone is 1. The molecule has 1 aromatic carbocycles. The molecule has 1 heterocycles. The molecule has 0 bridgehead atoms. The molecule has 1 aliphatic heterocycles. The number of anilines is 1. The van der Waals surface area contributed by atoms with Crippen LogP contribution in [-0.4, -0.2) is 41.0 Å². The normalized spacial score (nSPS) is 17.6. The smallest absolute Gasteiger partial charge is 0.157 e. The van der Waals surface area contributed by atoms with Gasteiger partial charge in [0.05, 0.1) is 12.1 Å². The Bertz CT molecular complexity index is 698. The van der Waals surface area contributed by atoms with Gasteiger partial charge >= 0.3 is 0 Å². The summed E-state index contributed by atoms with van der Waals surface area (Å²) in [7, 11) is 0. The fraction of sp³-hybridized carbons (Fsp3) is 0.615. The first-order chi connectivity index (χ1) is 15.1. The van der Waals surface area contributed by atoms with Crippen molar-refractivity contribution >= 4 is 17.3 Å². The lowest BCUT2D eigenvalue weighted by molar-refractivity contribution is -0.119. The Labute approximate surface area is 187 Å². The second-order valence-electron chi connectivity index (χ2n) is 8.49. The highest BCUT2D eigenvalue weighted by molar-refractivity contribution is 5.91. The molecule has 5 heteroatoms. The van der Waals surface area contributed by atoms with Crippen molar-refractivity contribution < 1.29 is 19.8 Å². The third kappa shape index (κ3) is 8.58. The Kier molecular flexibility index (Phi) is 11.5. The summed E-state index contributed by atoms with van der Waals surface area (Å²) in [6.45, 7) is 2.96. The highest BCUT2D eigenvalue weighted by atomic mass is 16.3. The van der Waals surface area contributed by atoms with Crippen LogP contribution in [0.2, 0.25) is 0 Å². The maximum Gasteiger partial charge on any atom is 0.157 e. The van der Waals surface area contributed by atoms with E-state index in [1.165, 1.54) is 0 Å². The summed E-state index contributed by atoms with van der Waals surface area (Å²) in [5, 5.41) is 19.1. The monoisotopic (exact) mass is 429 g/mol. The topological polar surface area (TPSA) is 77.8 Å². The van der Waals surface area contributed by atoms with E-state index in [0.717, 1.165) is 56.3 Å². The van der Waals surface area contributed by atoms with Crippen LogP contribution in [0.15, 0.2) is 36.4 Å². The molecule has 0 saturated carbocycles. The largest absolute Gasteiger partial charge is 0.396 e. The zero-order chi connectivity index (χ0) is 22.5. The summed E-state index contributed by atoms with van der Waals surface area (Å²) < 4.78 is 0. The van der Waals surface area contributed by atoms with Crippen molar-refractivity contribution in [2.45, 2.75) is 89.7 Å². The number of aliphatic hydroxyl groups excluding tert-OH is 2. The fourth-order valence-electron chi connectivity index (χ4n) is 4.10. The number of rotatable bonds is 15. The predicted molar refractivity (Wildman–Crippen MR) is 125 cm³/mol. The lowest BCUT2D eigenvalue weighted by atomic mass is 10.0. The fourth-order valence-corrected chi connectivity index (χ4v) is 4.10. The summed E-state index contributed by atoms with van der Waals surface area (Å²) in [5.74, 6) is 0.478. The third-order valence-electron chi connectivity index (χ3n) is 6.00. The van der Waals surface area contributed by atoms with Crippen LogP contribution in [0.3, 0.4) is 0 Å². The van der Waals surface area contributed by atoms with Crippen LogP contribution >= 0.6 is 0 Å². The quantitative estimate of drug-likeness (QED) is 0.306. The van der Waals surface area contributed by atoms with Crippen LogP contribution in [0, 0.1) is 0 Å². The van der Waals surface area contributed by atoms with Gasteiger partial charge in [-0.1, -0.05) is 50.5 Å². The van der Waals surface area contributed by atoms with E-state index in [0.29, 0.717) is 32.1 Å². The molecule has 1 fully saturated rings. The van der Waals surface area contributed by atoms with E-state index >= 15 is 0 Å². The van der Waals surface area contributed by atoms with Gasteiger partial charge in [-0.25, -0.2) is 0 Å². The Hall–Kier alpha value is -1.98. The first kappa shape index (κ1) is 25.3. The standard InChI is InChI=1S/C26H39NO4/c1-2-3-6-13-25(30)21-14-16-22(17-15-21)27-19-18-26(31)24(27)12-8-5-4-7-10-23(29)11-9-20-28/h5,8,14-17,24-25,28,30H,2-4,6-7,9-13,18-20H2,1H3/b8-5-. The predicted octanol–water partition coefficient (Wildman–Crippen LogP) is 4.91. The van der Waals surface area contributed by atoms with Crippen molar-refractivity contribution in [3.8, 4) is 0 Å². The molecule has 0 aliphatic carbocycles. The molecule has 0 aromatic heterocycles. The molecule has 5 nitrogen and oxygen atoms in total. The van der Waals surface area contributed by atoms with Crippen molar-refractivity contribution in [1.82, 2.24) is 0 Å². The van der Waals surface area contributed by atoms with Crippen molar-refractivity contribution in [3.05, 3.63) is 42.0 Å². The number of hydrogen-bond donors (Lipinski definition) is 2. The van der Waals surface area contributed by atoms with Crippen LogP contribution in [0.5, 0.6) is 0 Å². The number of ketones is 2. The molecule has 172 valence electrons. The second kappa shape index (κ2) is 14.2. The Balaban J connectivity index is 1.82. The lowest BCUT2D eigenvalue weighted by Gasteiger charge is -2.25. The minimum Gasteiger partial charge on any atom is -0.396 e. The van der Waals surface area contributed by atoms with E-state index in [4.69, 9.17) is 5.11 Å². The molecule has 1 aromatic rings. The number of hydrogen-bond acceptors (Lipinski definition) is 5. The van der Waals surface area contributed by atoms with Crippen molar-refractivity contribution in [1.29, 1.82) is 0 Å². The minimum absolute atomic E-state index is 0.0693. The second-order valence-corrected chi connectivity index (χ2v) is 8.49. The molecular weight excluding hydrogens is 390 g/mol. The molecule has 0 amide bonds. The summed E-state index contributed by atoms with van der Waals surface area (Å²) in [5.41, 5.74) is 1.97. The van der Waals surface area contributed by atoms with Gasteiger partial charge < -0.3 is 15.1 Å². The molecular formula is C26H39NO4. The number of nitrogens with zero attached hydrogens (tertiary/aromatic N) is 1. The van der Waals surface area contributed by atoms with Crippen LogP contribution in [0.4, 0.5) is 5.69 Å². The molecule has 2 unspecified atom stereocenters. The first-order valence-electron chi connectivity index (χ1n) is 11.9. The van der Waals surface area contributed by atoms with Gasteiger partial charge in [-0.3, -0.25) is 9.59 Å². The zero-order valence-electron chi connectivity index (χ0n) is 19.0. The molecule has 1 aliphatic rings. The summed E-state index contributed by atoms with van der Waals surface area (Å²) in [6.07, 6.45) is 12.3. The molecule has 0 spiro atoms. The molecule has 2 N–H and O–H groups in total. The summed E-state index contributed by atoms with van der Waals surface area (Å²) in [4.78, 5) is 26.2. The van der Waals surface area contributed by atoms with Gasteiger partial charge in [0.1, 0.15) is 5.78 Å². The van der Waals surface area contributed by atoms with E-state index in [1.54, 1.807) is 0 Å². The molecule has 31 heavy (non-hydrogen) atoms. The number of carbonyl (C=O) groups excluding carboxylic acids is 2. The maximum absolute atomic E-state index is 12.4. The van der Waals surface area contributed by atoms with Gasteiger partial charge in [0.2, 0.25) is 0 Å². The van der Waals surface area contributed by atoms with Crippen LogP contribution < -0.4 is 4.90 Å². The number of aliphatic hydroxyl groups is 2. The number of carbonyl (C=O) groups is 2. The van der Waals surface area contributed by atoms with E-state index in [2.05, 4.69) is 24.0 Å². The molecule has 1 saturated heterocycles. The van der Waals surface area contributed by atoms with Gasteiger partial charge in [-0.2, -0.15) is 0 Å². The van der Waals surface area contributed by atoms with Crippen LogP contribution in [0.25, 0.3) is 0 Å². The average Bonchev–Trinajstić information content (AvgIpc) is 3.15. The van der Waals surface area contributed by atoms with Crippen molar-refractivity contribution in [2.24, 2.45) is 0 Å². The third-order valence-corrected chi connectivity index (χ3v) is 6.00. The molecule has 2 atom stereocenters. The molecule has 0 radical (unpaired) electrons. The van der Waals surface area contributed by atoms with Crippen LogP contribution in [-0.2, 0) is 9.59 Å². The van der Waals surface area contributed by atoms with Gasteiger partial charge in [-0.15, -0.1) is 0 Å². The van der Waals surface area contributed by atoms with Gasteiger partial charge in [0, 0.05) is 38.1 Å². The highest BCUT2D eigenvalue weighted by Crippen LogP contribution is 2.28. The SMILES string of the molecule is CCCCCC(O)c1ccc(N2CCC(=O)C2C/C=C\CCCC(=O)CCCO)cc1. The number of benzene rings is 1. The van der Waals surface area contributed by atoms with Crippen LogP contribution in [0.1, 0.15) is 89.2 Å². The van der Waals surface area contributed by atoms with Crippen molar-refractivity contribution in [3.63, 3.8) is 0 Å². The number of Topliss-reactive ketones (excluding diaryl/α,β-unsaturated/α-hetero) is 2. The molecule has 2 rings (SSSR count). The Morgan fingerprint density at radius 1 is 1.13 bits per heavy atom. The van der Waals surface area contributed by atoms with E-state index in [-0.39, 0.29) is 24.2 Å².